The maximum atomic E-state index is 12.7. The monoisotopic (exact) mass is 419 g/mol. The zero-order valence-electron chi connectivity index (χ0n) is 16.1. The number of halogens is 1. The standard InChI is InChI=1S/C23H18ClN3O3/c1-29-23(28)22(30-19-14-12-18(24)13-15-19)27-21(17-10-6-3-7-11-17)20(25-26-27)16-8-4-2-5-9-16/h2-15,22H,1H3. The summed E-state index contributed by atoms with van der Waals surface area (Å²) < 4.78 is 12.4. The number of carbonyl (C=O) groups excluding carboxylic acids is 1. The number of hydrogen-bond donors (Lipinski definition) is 0. The first-order chi connectivity index (χ1) is 14.7. The van der Waals surface area contributed by atoms with E-state index in [1.54, 1.807) is 24.3 Å². The Morgan fingerprint density at radius 2 is 1.50 bits per heavy atom. The molecule has 4 rings (SSSR count). The van der Waals surface area contributed by atoms with Crippen molar-refractivity contribution in [2.24, 2.45) is 0 Å². The molecule has 0 saturated carbocycles. The number of methoxy groups -OCH3 is 1. The van der Waals surface area contributed by atoms with Crippen molar-refractivity contribution in [3.63, 3.8) is 0 Å². The molecule has 6 nitrogen and oxygen atoms in total. The van der Waals surface area contributed by atoms with Crippen molar-refractivity contribution in [3.05, 3.63) is 90.0 Å². The number of nitrogens with zero attached hydrogens (tertiary/aromatic N) is 3. The van der Waals surface area contributed by atoms with Gasteiger partial charge in [-0.05, 0) is 24.3 Å². The molecule has 0 spiro atoms. The lowest BCUT2D eigenvalue weighted by Gasteiger charge is -2.19. The molecule has 0 aliphatic carbocycles. The molecule has 150 valence electrons. The van der Waals surface area contributed by atoms with Crippen LogP contribution in [-0.4, -0.2) is 28.1 Å². The summed E-state index contributed by atoms with van der Waals surface area (Å²) in [6, 6.07) is 26.0. The van der Waals surface area contributed by atoms with Crippen molar-refractivity contribution in [1.82, 2.24) is 15.0 Å². The van der Waals surface area contributed by atoms with Gasteiger partial charge in [-0.15, -0.1) is 5.10 Å². The summed E-state index contributed by atoms with van der Waals surface area (Å²) >= 11 is 5.96. The molecule has 1 aromatic heterocycles. The number of hydrogen-bond acceptors (Lipinski definition) is 5. The summed E-state index contributed by atoms with van der Waals surface area (Å²) in [6.07, 6.45) is -1.17. The molecule has 3 aromatic carbocycles. The molecule has 1 unspecified atom stereocenters. The minimum Gasteiger partial charge on any atom is -0.465 e. The average Bonchev–Trinajstić information content (AvgIpc) is 3.24. The Hall–Kier alpha value is -3.64. The normalized spacial score (nSPS) is 11.7. The van der Waals surface area contributed by atoms with Gasteiger partial charge in [0.25, 0.3) is 6.23 Å². The lowest BCUT2D eigenvalue weighted by Crippen LogP contribution is -2.28. The second-order valence-electron chi connectivity index (χ2n) is 6.41. The summed E-state index contributed by atoms with van der Waals surface area (Å²) in [5.74, 6) is -0.155. The second-order valence-corrected chi connectivity index (χ2v) is 6.85. The zero-order chi connectivity index (χ0) is 20.9. The van der Waals surface area contributed by atoms with E-state index in [2.05, 4.69) is 10.3 Å². The Bertz CT molecular complexity index is 1130. The van der Waals surface area contributed by atoms with Crippen LogP contribution in [0.15, 0.2) is 84.9 Å². The van der Waals surface area contributed by atoms with Crippen LogP contribution in [0.5, 0.6) is 5.75 Å². The topological polar surface area (TPSA) is 66.2 Å². The lowest BCUT2D eigenvalue weighted by atomic mass is 10.0. The molecule has 1 atom stereocenters. The zero-order valence-corrected chi connectivity index (χ0v) is 16.9. The van der Waals surface area contributed by atoms with Crippen molar-refractivity contribution in [3.8, 4) is 28.3 Å². The van der Waals surface area contributed by atoms with Gasteiger partial charge in [0, 0.05) is 16.1 Å². The summed E-state index contributed by atoms with van der Waals surface area (Å²) in [7, 11) is 1.30. The van der Waals surface area contributed by atoms with E-state index in [0.717, 1.165) is 11.1 Å². The molecule has 0 N–H and O–H groups in total. The van der Waals surface area contributed by atoms with Gasteiger partial charge in [-0.1, -0.05) is 77.5 Å². The third-order valence-electron chi connectivity index (χ3n) is 4.48. The van der Waals surface area contributed by atoms with E-state index in [1.807, 2.05) is 60.7 Å². The smallest absolute Gasteiger partial charge is 0.370 e. The van der Waals surface area contributed by atoms with Crippen molar-refractivity contribution in [2.45, 2.75) is 6.23 Å². The van der Waals surface area contributed by atoms with Crippen LogP contribution in [0, 0.1) is 0 Å². The van der Waals surface area contributed by atoms with Crippen LogP contribution in [0.3, 0.4) is 0 Å². The molecule has 0 aliphatic rings. The van der Waals surface area contributed by atoms with Crippen LogP contribution in [0.2, 0.25) is 5.02 Å². The van der Waals surface area contributed by atoms with Gasteiger partial charge in [-0.3, -0.25) is 0 Å². The van der Waals surface area contributed by atoms with Crippen LogP contribution in [-0.2, 0) is 9.53 Å². The van der Waals surface area contributed by atoms with Gasteiger partial charge in [-0.25, -0.2) is 4.79 Å². The van der Waals surface area contributed by atoms with E-state index in [4.69, 9.17) is 21.1 Å². The Balaban J connectivity index is 1.85. The highest BCUT2D eigenvalue weighted by Crippen LogP contribution is 2.33. The number of rotatable bonds is 6. The van der Waals surface area contributed by atoms with Gasteiger partial charge in [-0.2, -0.15) is 4.68 Å². The van der Waals surface area contributed by atoms with E-state index in [0.29, 0.717) is 22.2 Å². The molecule has 1 heterocycles. The first-order valence-corrected chi connectivity index (χ1v) is 9.61. The number of carbonyl (C=O) groups is 1. The minimum absolute atomic E-state index is 0.450. The maximum absolute atomic E-state index is 12.7. The largest absolute Gasteiger partial charge is 0.465 e. The molecule has 0 saturated heterocycles. The number of benzene rings is 3. The van der Waals surface area contributed by atoms with Gasteiger partial charge >= 0.3 is 5.97 Å². The molecule has 0 bridgehead atoms. The third-order valence-corrected chi connectivity index (χ3v) is 4.73. The highest BCUT2D eigenvalue weighted by atomic mass is 35.5. The van der Waals surface area contributed by atoms with Crippen molar-refractivity contribution < 1.29 is 14.3 Å². The van der Waals surface area contributed by atoms with E-state index < -0.39 is 12.2 Å². The minimum atomic E-state index is -1.17. The van der Waals surface area contributed by atoms with E-state index in [9.17, 15) is 4.79 Å². The molecule has 0 radical (unpaired) electrons. The molecule has 0 aliphatic heterocycles. The fraction of sp³-hybridized carbons (Fsp3) is 0.0870. The summed E-state index contributed by atoms with van der Waals surface area (Å²) in [6.45, 7) is 0. The lowest BCUT2D eigenvalue weighted by molar-refractivity contribution is -0.154. The van der Waals surface area contributed by atoms with Gasteiger partial charge < -0.3 is 9.47 Å². The quantitative estimate of drug-likeness (QED) is 0.411. The number of ether oxygens (including phenoxy) is 2. The molecule has 30 heavy (non-hydrogen) atoms. The third kappa shape index (κ3) is 4.04. The highest BCUT2D eigenvalue weighted by molar-refractivity contribution is 6.30. The predicted molar refractivity (Wildman–Crippen MR) is 114 cm³/mol. The van der Waals surface area contributed by atoms with Gasteiger partial charge in [0.05, 0.1) is 7.11 Å². The molecule has 0 fully saturated rings. The van der Waals surface area contributed by atoms with Crippen LogP contribution in [0.1, 0.15) is 6.23 Å². The second kappa shape index (κ2) is 8.80. The Morgan fingerprint density at radius 3 is 2.10 bits per heavy atom. The van der Waals surface area contributed by atoms with Gasteiger partial charge in [0.2, 0.25) is 0 Å². The Kier molecular flexibility index (Phi) is 5.77. The van der Waals surface area contributed by atoms with Crippen molar-refractivity contribution in [2.75, 3.05) is 7.11 Å². The average molecular weight is 420 g/mol. The molecule has 4 aromatic rings. The van der Waals surface area contributed by atoms with Gasteiger partial charge in [0.1, 0.15) is 17.1 Å². The Labute approximate surface area is 178 Å². The first kappa shape index (κ1) is 19.7. The fourth-order valence-electron chi connectivity index (χ4n) is 3.05. The van der Waals surface area contributed by atoms with E-state index >= 15 is 0 Å². The first-order valence-electron chi connectivity index (χ1n) is 9.23. The highest BCUT2D eigenvalue weighted by Gasteiger charge is 2.30. The number of esters is 1. The van der Waals surface area contributed by atoms with Crippen LogP contribution in [0.4, 0.5) is 0 Å². The van der Waals surface area contributed by atoms with Crippen molar-refractivity contribution in [1.29, 1.82) is 0 Å². The number of aromatic nitrogens is 3. The molecular formula is C23H18ClN3O3. The summed E-state index contributed by atoms with van der Waals surface area (Å²) in [5.41, 5.74) is 2.99. The van der Waals surface area contributed by atoms with Gasteiger partial charge in [0.15, 0.2) is 0 Å². The van der Waals surface area contributed by atoms with E-state index in [-0.39, 0.29) is 0 Å². The van der Waals surface area contributed by atoms with Crippen LogP contribution >= 0.6 is 11.6 Å². The summed E-state index contributed by atoms with van der Waals surface area (Å²) in [5, 5.41) is 9.19. The van der Waals surface area contributed by atoms with Crippen LogP contribution < -0.4 is 4.74 Å². The SMILES string of the molecule is COC(=O)C(Oc1ccc(Cl)cc1)n1nnc(-c2ccccc2)c1-c1ccccc1. The summed E-state index contributed by atoms with van der Waals surface area (Å²) in [4.78, 5) is 12.7. The molecular weight excluding hydrogens is 402 g/mol. The molecule has 0 amide bonds. The maximum Gasteiger partial charge on any atom is 0.370 e. The van der Waals surface area contributed by atoms with Crippen LogP contribution in [0.25, 0.3) is 22.5 Å². The van der Waals surface area contributed by atoms with E-state index in [1.165, 1.54) is 11.8 Å². The van der Waals surface area contributed by atoms with Crippen molar-refractivity contribution >= 4 is 17.6 Å². The predicted octanol–water partition coefficient (Wildman–Crippen LogP) is 5.02. The Morgan fingerprint density at radius 1 is 0.900 bits per heavy atom. The fourth-order valence-corrected chi connectivity index (χ4v) is 3.18. The molecule has 7 heteroatoms.